The van der Waals surface area contributed by atoms with Gasteiger partial charge < -0.3 is 44.1 Å². The lowest BCUT2D eigenvalue weighted by molar-refractivity contribution is -0.336. The lowest BCUT2D eigenvalue weighted by Crippen LogP contribution is -2.44. The van der Waals surface area contributed by atoms with Gasteiger partial charge in [0, 0.05) is 0 Å². The van der Waals surface area contributed by atoms with Crippen molar-refractivity contribution in [3.8, 4) is 0 Å². The van der Waals surface area contributed by atoms with E-state index in [4.69, 9.17) is 33.9 Å². The van der Waals surface area contributed by atoms with Crippen LogP contribution >= 0.6 is 0 Å². The van der Waals surface area contributed by atoms with Crippen LogP contribution in [-0.4, -0.2) is 122 Å². The SMILES string of the molecule is O=C(O)C1OCCOCCOO[C@@H](C(=O)O)[C@H](C(=O)O)OCCOCCO[C@H]1C(=O)O. The van der Waals surface area contributed by atoms with Crippen molar-refractivity contribution in [1.82, 2.24) is 0 Å². The van der Waals surface area contributed by atoms with E-state index in [1.54, 1.807) is 0 Å². The largest absolute Gasteiger partial charge is 0.479 e. The van der Waals surface area contributed by atoms with Crippen LogP contribution in [0.25, 0.3) is 0 Å². The molecule has 0 saturated carbocycles. The van der Waals surface area contributed by atoms with E-state index in [0.29, 0.717) is 0 Å². The molecule has 0 spiro atoms. The number of ether oxygens (including phenoxy) is 5. The van der Waals surface area contributed by atoms with E-state index in [1.165, 1.54) is 0 Å². The maximum absolute atomic E-state index is 11.3. The molecular weight excluding hydrogens is 432 g/mol. The third-order valence-electron chi connectivity index (χ3n) is 3.58. The summed E-state index contributed by atoms with van der Waals surface area (Å²) >= 11 is 0. The Kier molecular flexibility index (Phi) is 12.5. The number of aliphatic carboxylic acids is 4. The third kappa shape index (κ3) is 9.97. The van der Waals surface area contributed by atoms with Crippen molar-refractivity contribution in [2.45, 2.75) is 24.4 Å². The number of carboxylic acids is 4. The minimum atomic E-state index is -1.97. The summed E-state index contributed by atoms with van der Waals surface area (Å²) in [4.78, 5) is 54.4. The molecule has 0 radical (unpaired) electrons. The molecule has 1 heterocycles. The van der Waals surface area contributed by atoms with Crippen molar-refractivity contribution < 1.29 is 73.1 Å². The summed E-state index contributed by atoms with van der Waals surface area (Å²) in [6, 6.07) is 0. The highest BCUT2D eigenvalue weighted by Gasteiger charge is 2.38. The summed E-state index contributed by atoms with van der Waals surface area (Å²) in [6.45, 7) is -1.98. The zero-order valence-corrected chi connectivity index (χ0v) is 16.2. The zero-order valence-electron chi connectivity index (χ0n) is 16.2. The summed E-state index contributed by atoms with van der Waals surface area (Å²) in [6.07, 6.45) is -7.50. The lowest BCUT2D eigenvalue weighted by atomic mass is 10.2. The molecule has 31 heavy (non-hydrogen) atoms. The van der Waals surface area contributed by atoms with Crippen LogP contribution in [0.2, 0.25) is 0 Å². The number of rotatable bonds is 4. The highest BCUT2D eigenvalue weighted by atomic mass is 17.2. The topological polar surface area (TPSA) is 214 Å². The average molecular weight is 456 g/mol. The molecule has 0 aromatic heterocycles. The van der Waals surface area contributed by atoms with E-state index in [1.807, 2.05) is 0 Å². The molecule has 0 aliphatic carbocycles. The van der Waals surface area contributed by atoms with Crippen molar-refractivity contribution in [3.63, 3.8) is 0 Å². The van der Waals surface area contributed by atoms with Gasteiger partial charge in [-0.2, -0.15) is 0 Å². The fourth-order valence-corrected chi connectivity index (χ4v) is 2.21. The number of carboxylic acid groups (broad SMARTS) is 4. The maximum atomic E-state index is 11.3. The maximum Gasteiger partial charge on any atom is 0.339 e. The standard InChI is InChI=1S/C16H24O15/c17-13(18)9-10(14(19)20)28-6-3-26-4-8-30-31-12(16(23)24)11(15(21)22)29-7-2-25-1-5-27-9/h9-12H,1-8H2,(H,17,18)(H,19,20)(H,21,22)(H,23,24)/t9-,10?,11-,12-/m1/s1. The van der Waals surface area contributed by atoms with Crippen LogP contribution in [0.3, 0.4) is 0 Å². The quantitative estimate of drug-likeness (QED) is 0.332. The predicted octanol–water partition coefficient (Wildman–Crippen LogP) is -2.16. The van der Waals surface area contributed by atoms with Crippen molar-refractivity contribution in [1.29, 1.82) is 0 Å². The molecule has 1 aliphatic rings. The minimum Gasteiger partial charge on any atom is -0.479 e. The van der Waals surface area contributed by atoms with Gasteiger partial charge in [0.2, 0.25) is 6.10 Å². The monoisotopic (exact) mass is 456 g/mol. The minimum absolute atomic E-state index is 0.154. The smallest absolute Gasteiger partial charge is 0.339 e. The Morgan fingerprint density at radius 3 is 1.16 bits per heavy atom. The second kappa shape index (κ2) is 14.6. The summed E-state index contributed by atoms with van der Waals surface area (Å²) in [7, 11) is 0. The van der Waals surface area contributed by atoms with E-state index in [0.717, 1.165) is 0 Å². The van der Waals surface area contributed by atoms with Gasteiger partial charge in [-0.1, -0.05) is 0 Å². The molecule has 0 amide bonds. The van der Waals surface area contributed by atoms with E-state index in [-0.39, 0.29) is 52.9 Å². The zero-order chi connectivity index (χ0) is 23.2. The summed E-state index contributed by atoms with van der Waals surface area (Å²) in [5.41, 5.74) is 0. The average Bonchev–Trinajstić information content (AvgIpc) is 2.68. The lowest BCUT2D eigenvalue weighted by Gasteiger charge is -2.21. The van der Waals surface area contributed by atoms with Crippen LogP contribution in [0, 0.1) is 0 Å². The Hall–Kier alpha value is -2.40. The first kappa shape index (κ1) is 26.6. The van der Waals surface area contributed by atoms with E-state index in [9.17, 15) is 29.4 Å². The van der Waals surface area contributed by atoms with Gasteiger partial charge >= 0.3 is 23.9 Å². The van der Waals surface area contributed by atoms with E-state index < -0.39 is 48.3 Å². The highest BCUT2D eigenvalue weighted by molar-refractivity contribution is 5.84. The van der Waals surface area contributed by atoms with E-state index >= 15 is 0 Å². The van der Waals surface area contributed by atoms with Crippen LogP contribution in [0.5, 0.6) is 0 Å². The normalized spacial score (nSPS) is 28.4. The molecule has 1 fully saturated rings. The summed E-state index contributed by atoms with van der Waals surface area (Å²) in [5, 5.41) is 36.7. The fraction of sp³-hybridized carbons (Fsp3) is 0.750. The molecule has 1 rings (SSSR count). The first-order valence-corrected chi connectivity index (χ1v) is 8.95. The van der Waals surface area contributed by atoms with Crippen LogP contribution in [0.1, 0.15) is 0 Å². The van der Waals surface area contributed by atoms with Crippen molar-refractivity contribution in [2.24, 2.45) is 0 Å². The first-order valence-electron chi connectivity index (χ1n) is 8.95. The Labute approximate surface area is 175 Å². The Morgan fingerprint density at radius 2 is 0.806 bits per heavy atom. The number of hydrogen-bond donors (Lipinski definition) is 4. The Balaban J connectivity index is 2.76. The van der Waals surface area contributed by atoms with Gasteiger partial charge in [0.1, 0.15) is 6.61 Å². The van der Waals surface area contributed by atoms with Crippen LogP contribution in [0.15, 0.2) is 0 Å². The van der Waals surface area contributed by atoms with Gasteiger partial charge in [-0.05, 0) is 0 Å². The van der Waals surface area contributed by atoms with Gasteiger partial charge in [-0.3, -0.25) is 0 Å². The van der Waals surface area contributed by atoms with Gasteiger partial charge in [-0.15, -0.1) is 0 Å². The molecule has 1 saturated heterocycles. The highest BCUT2D eigenvalue weighted by Crippen LogP contribution is 2.09. The molecule has 0 bridgehead atoms. The van der Waals surface area contributed by atoms with Gasteiger partial charge in [0.15, 0.2) is 18.3 Å². The summed E-state index contributed by atoms with van der Waals surface area (Å²) in [5.74, 6) is -6.36. The molecule has 4 atom stereocenters. The fourth-order valence-electron chi connectivity index (χ4n) is 2.21. The second-order valence-electron chi connectivity index (χ2n) is 5.79. The summed E-state index contributed by atoms with van der Waals surface area (Å²) < 4.78 is 25.2. The van der Waals surface area contributed by atoms with Gasteiger partial charge in [0.05, 0.1) is 46.2 Å². The number of carbonyl (C=O) groups is 4. The Morgan fingerprint density at radius 1 is 0.484 bits per heavy atom. The van der Waals surface area contributed by atoms with Gasteiger partial charge in [-0.25, -0.2) is 29.0 Å². The van der Waals surface area contributed by atoms with Crippen LogP contribution < -0.4 is 0 Å². The molecule has 4 N–H and O–H groups in total. The molecular formula is C16H24O15. The molecule has 1 unspecified atom stereocenters. The number of hydrogen-bond acceptors (Lipinski definition) is 11. The predicted molar refractivity (Wildman–Crippen MR) is 92.2 cm³/mol. The van der Waals surface area contributed by atoms with Crippen LogP contribution in [0.4, 0.5) is 0 Å². The molecule has 15 nitrogen and oxygen atoms in total. The Bertz CT molecular complexity index is 544. The third-order valence-corrected chi connectivity index (χ3v) is 3.58. The molecule has 1 aliphatic heterocycles. The van der Waals surface area contributed by atoms with Crippen molar-refractivity contribution in [3.05, 3.63) is 0 Å². The molecule has 15 heteroatoms. The van der Waals surface area contributed by atoms with E-state index in [2.05, 4.69) is 9.78 Å². The second-order valence-corrected chi connectivity index (χ2v) is 5.79. The molecule has 178 valence electrons. The molecule has 0 aromatic carbocycles. The first-order chi connectivity index (χ1) is 14.8. The van der Waals surface area contributed by atoms with Gasteiger partial charge in [0.25, 0.3) is 0 Å². The van der Waals surface area contributed by atoms with Crippen LogP contribution in [-0.2, 0) is 52.6 Å². The van der Waals surface area contributed by atoms with Crippen molar-refractivity contribution >= 4 is 23.9 Å². The molecule has 0 aromatic rings. The van der Waals surface area contributed by atoms with Crippen molar-refractivity contribution in [2.75, 3.05) is 52.9 Å².